The molecule has 0 aliphatic rings. The summed E-state index contributed by atoms with van der Waals surface area (Å²) in [6.07, 6.45) is 3.56. The predicted molar refractivity (Wildman–Crippen MR) is 67.4 cm³/mol. The summed E-state index contributed by atoms with van der Waals surface area (Å²) in [5, 5.41) is 3.88. The van der Waals surface area contributed by atoms with Gasteiger partial charge in [-0.3, -0.25) is 4.98 Å². The Morgan fingerprint density at radius 3 is 2.50 bits per heavy atom. The quantitative estimate of drug-likeness (QED) is 0.880. The zero-order chi connectivity index (χ0) is 11.4. The Morgan fingerprint density at radius 2 is 1.88 bits per heavy atom. The second-order valence-corrected chi connectivity index (χ2v) is 3.98. The smallest absolute Gasteiger partial charge is 0.0457 e. The summed E-state index contributed by atoms with van der Waals surface area (Å²) in [5.74, 6) is 0. The third kappa shape index (κ3) is 2.40. The van der Waals surface area contributed by atoms with Crippen molar-refractivity contribution in [3.05, 3.63) is 53.3 Å². The highest BCUT2D eigenvalue weighted by Crippen LogP contribution is 2.25. The average molecular weight is 233 g/mol. The van der Waals surface area contributed by atoms with Crippen LogP contribution in [-0.4, -0.2) is 12.0 Å². The molecule has 0 saturated heterocycles. The Bertz CT molecular complexity index is 469. The molecule has 0 aliphatic heterocycles. The van der Waals surface area contributed by atoms with E-state index in [9.17, 15) is 0 Å². The van der Waals surface area contributed by atoms with E-state index in [2.05, 4.69) is 22.4 Å². The van der Waals surface area contributed by atoms with Gasteiger partial charge in [0.15, 0.2) is 0 Å². The number of halogens is 1. The lowest BCUT2D eigenvalue weighted by Gasteiger charge is -2.06. The van der Waals surface area contributed by atoms with E-state index in [0.717, 1.165) is 28.3 Å². The Labute approximate surface area is 100 Å². The minimum absolute atomic E-state index is 0.787. The molecule has 2 nitrogen and oxygen atoms in total. The van der Waals surface area contributed by atoms with Gasteiger partial charge in [0, 0.05) is 24.0 Å². The number of hydrogen-bond donors (Lipinski definition) is 1. The van der Waals surface area contributed by atoms with Gasteiger partial charge in [0.1, 0.15) is 0 Å². The second-order valence-electron chi connectivity index (χ2n) is 3.57. The van der Waals surface area contributed by atoms with Crippen molar-refractivity contribution < 1.29 is 0 Å². The maximum atomic E-state index is 6.20. The molecule has 3 heteroatoms. The van der Waals surface area contributed by atoms with E-state index in [1.165, 1.54) is 0 Å². The van der Waals surface area contributed by atoms with Crippen LogP contribution in [0.2, 0.25) is 5.02 Å². The minimum Gasteiger partial charge on any atom is -0.316 e. The highest BCUT2D eigenvalue weighted by atomic mass is 35.5. The standard InChI is InChI=1S/C13H13ClN2/c1-15-9-12-3-2-11(8-13(12)14)10-4-6-16-7-5-10/h2-8,15H,9H2,1H3. The monoisotopic (exact) mass is 232 g/mol. The van der Waals surface area contributed by atoms with E-state index >= 15 is 0 Å². The summed E-state index contributed by atoms with van der Waals surface area (Å²) >= 11 is 6.20. The molecule has 1 aromatic carbocycles. The number of nitrogens with zero attached hydrogens (tertiary/aromatic N) is 1. The number of rotatable bonds is 3. The lowest BCUT2D eigenvalue weighted by Crippen LogP contribution is -2.05. The summed E-state index contributed by atoms with van der Waals surface area (Å²) in [6.45, 7) is 0.787. The molecule has 0 radical (unpaired) electrons. The van der Waals surface area contributed by atoms with Crippen molar-refractivity contribution in [1.29, 1.82) is 0 Å². The average Bonchev–Trinajstić information content (AvgIpc) is 2.33. The number of aromatic nitrogens is 1. The van der Waals surface area contributed by atoms with Crippen LogP contribution in [0.5, 0.6) is 0 Å². The zero-order valence-corrected chi connectivity index (χ0v) is 9.83. The van der Waals surface area contributed by atoms with Crippen molar-refractivity contribution in [2.24, 2.45) is 0 Å². The SMILES string of the molecule is CNCc1ccc(-c2ccncc2)cc1Cl. The Kier molecular flexibility index (Phi) is 3.54. The van der Waals surface area contributed by atoms with Crippen LogP contribution < -0.4 is 5.32 Å². The van der Waals surface area contributed by atoms with Gasteiger partial charge in [-0.15, -0.1) is 0 Å². The van der Waals surface area contributed by atoms with Gasteiger partial charge < -0.3 is 5.32 Å². The highest BCUT2D eigenvalue weighted by Gasteiger charge is 2.02. The van der Waals surface area contributed by atoms with Crippen LogP contribution in [0.4, 0.5) is 0 Å². The number of hydrogen-bond acceptors (Lipinski definition) is 2. The molecule has 82 valence electrons. The van der Waals surface area contributed by atoms with Gasteiger partial charge in [-0.2, -0.15) is 0 Å². The van der Waals surface area contributed by atoms with Gasteiger partial charge >= 0.3 is 0 Å². The van der Waals surface area contributed by atoms with Crippen LogP contribution >= 0.6 is 11.6 Å². The van der Waals surface area contributed by atoms with Crippen molar-refractivity contribution in [3.8, 4) is 11.1 Å². The maximum absolute atomic E-state index is 6.20. The summed E-state index contributed by atoms with van der Waals surface area (Å²) < 4.78 is 0. The molecular formula is C13H13ClN2. The third-order valence-electron chi connectivity index (χ3n) is 2.43. The van der Waals surface area contributed by atoms with Crippen LogP contribution in [0.1, 0.15) is 5.56 Å². The molecule has 2 aromatic rings. The van der Waals surface area contributed by atoms with Crippen molar-refractivity contribution in [2.75, 3.05) is 7.05 Å². The third-order valence-corrected chi connectivity index (χ3v) is 2.79. The molecule has 0 aliphatic carbocycles. The first-order valence-electron chi connectivity index (χ1n) is 5.14. The first-order chi connectivity index (χ1) is 7.81. The van der Waals surface area contributed by atoms with Gasteiger partial charge in [0.05, 0.1) is 0 Å². The summed E-state index contributed by atoms with van der Waals surface area (Å²) in [7, 11) is 1.91. The number of nitrogens with one attached hydrogen (secondary N) is 1. The molecule has 0 saturated carbocycles. The molecular weight excluding hydrogens is 220 g/mol. The zero-order valence-electron chi connectivity index (χ0n) is 9.07. The van der Waals surface area contributed by atoms with Crippen LogP contribution in [-0.2, 0) is 6.54 Å². The van der Waals surface area contributed by atoms with Crippen molar-refractivity contribution >= 4 is 11.6 Å². The van der Waals surface area contributed by atoms with Crippen molar-refractivity contribution in [2.45, 2.75) is 6.54 Å². The van der Waals surface area contributed by atoms with E-state index in [-0.39, 0.29) is 0 Å². The molecule has 0 bridgehead atoms. The molecule has 1 aromatic heterocycles. The summed E-state index contributed by atoms with van der Waals surface area (Å²) in [5.41, 5.74) is 3.36. The summed E-state index contributed by atoms with van der Waals surface area (Å²) in [6, 6.07) is 10.1. The van der Waals surface area contributed by atoms with Gasteiger partial charge in [-0.25, -0.2) is 0 Å². The first-order valence-corrected chi connectivity index (χ1v) is 5.52. The Hall–Kier alpha value is -1.38. The van der Waals surface area contributed by atoms with Gasteiger partial charge in [-0.05, 0) is 41.9 Å². The van der Waals surface area contributed by atoms with Crippen LogP contribution in [0.3, 0.4) is 0 Å². The fourth-order valence-electron chi connectivity index (χ4n) is 1.61. The molecule has 0 atom stereocenters. The number of benzene rings is 1. The summed E-state index contributed by atoms with van der Waals surface area (Å²) in [4.78, 5) is 4.00. The Balaban J connectivity index is 2.35. The predicted octanol–water partition coefficient (Wildman–Crippen LogP) is 3.12. The van der Waals surface area contributed by atoms with E-state index in [4.69, 9.17) is 11.6 Å². The van der Waals surface area contributed by atoms with Gasteiger partial charge in [0.2, 0.25) is 0 Å². The fraction of sp³-hybridized carbons (Fsp3) is 0.154. The topological polar surface area (TPSA) is 24.9 Å². The molecule has 1 N–H and O–H groups in total. The van der Waals surface area contributed by atoms with Crippen molar-refractivity contribution in [1.82, 2.24) is 10.3 Å². The lowest BCUT2D eigenvalue weighted by atomic mass is 10.1. The normalized spacial score (nSPS) is 10.4. The molecule has 2 rings (SSSR count). The van der Waals surface area contributed by atoms with Gasteiger partial charge in [0.25, 0.3) is 0 Å². The largest absolute Gasteiger partial charge is 0.316 e. The molecule has 16 heavy (non-hydrogen) atoms. The van der Waals surface area contributed by atoms with E-state index < -0.39 is 0 Å². The minimum atomic E-state index is 0.787. The van der Waals surface area contributed by atoms with E-state index in [0.29, 0.717) is 0 Å². The van der Waals surface area contributed by atoms with Crippen LogP contribution in [0.25, 0.3) is 11.1 Å². The molecule has 0 fully saturated rings. The molecule has 0 amide bonds. The number of pyridine rings is 1. The fourth-order valence-corrected chi connectivity index (χ4v) is 1.85. The molecule has 1 heterocycles. The maximum Gasteiger partial charge on any atom is 0.0457 e. The highest BCUT2D eigenvalue weighted by molar-refractivity contribution is 6.31. The second kappa shape index (κ2) is 5.10. The first kappa shape index (κ1) is 11.1. The van der Waals surface area contributed by atoms with Crippen molar-refractivity contribution in [3.63, 3.8) is 0 Å². The molecule has 0 spiro atoms. The molecule has 0 unspecified atom stereocenters. The van der Waals surface area contributed by atoms with E-state index in [1.54, 1.807) is 12.4 Å². The lowest BCUT2D eigenvalue weighted by molar-refractivity contribution is 0.818. The van der Waals surface area contributed by atoms with E-state index in [1.807, 2.05) is 25.2 Å². The van der Waals surface area contributed by atoms with Crippen LogP contribution in [0.15, 0.2) is 42.7 Å². The van der Waals surface area contributed by atoms with Gasteiger partial charge in [-0.1, -0.05) is 23.7 Å². The Morgan fingerprint density at radius 1 is 1.12 bits per heavy atom. The van der Waals surface area contributed by atoms with Crippen LogP contribution in [0, 0.1) is 0 Å².